The van der Waals surface area contributed by atoms with Gasteiger partial charge in [0.05, 0.1) is 19.0 Å². The van der Waals surface area contributed by atoms with Gasteiger partial charge in [-0.3, -0.25) is 4.79 Å². The maximum absolute atomic E-state index is 12.7. The van der Waals surface area contributed by atoms with E-state index in [0.717, 1.165) is 5.56 Å². The number of carbonyl (C=O) groups is 1. The molecule has 1 amide bonds. The van der Waals surface area contributed by atoms with Crippen molar-refractivity contribution < 1.29 is 17.9 Å². The van der Waals surface area contributed by atoms with Crippen LogP contribution in [0, 0.1) is 5.92 Å². The topological polar surface area (TPSA) is 75.7 Å². The van der Waals surface area contributed by atoms with Gasteiger partial charge in [-0.15, -0.1) is 0 Å². The molecule has 0 atom stereocenters. The minimum absolute atomic E-state index is 0.0342. The van der Waals surface area contributed by atoms with Gasteiger partial charge in [-0.05, 0) is 36.1 Å². The van der Waals surface area contributed by atoms with Crippen molar-refractivity contribution in [1.82, 2.24) is 9.62 Å². The van der Waals surface area contributed by atoms with Crippen LogP contribution in [0.5, 0.6) is 0 Å². The molecule has 0 bridgehead atoms. The van der Waals surface area contributed by atoms with Gasteiger partial charge in [0.25, 0.3) is 0 Å². The normalized spacial score (nSPS) is 15.8. The highest BCUT2D eigenvalue weighted by Crippen LogP contribution is 2.22. The molecule has 6 nitrogen and oxygen atoms in total. The Balaban J connectivity index is 1.36. The third kappa shape index (κ3) is 6.80. The van der Waals surface area contributed by atoms with E-state index in [-0.39, 0.29) is 17.6 Å². The second kappa shape index (κ2) is 10.9. The quantitative estimate of drug-likeness (QED) is 0.595. The Labute approximate surface area is 183 Å². The average Bonchev–Trinajstić information content (AvgIpc) is 2.76. The van der Waals surface area contributed by atoms with Crippen LogP contribution in [0.25, 0.3) is 0 Å². The molecule has 1 saturated heterocycles. The first-order valence-corrected chi connectivity index (χ1v) is 12.0. The first-order chi connectivity index (χ1) is 14.4. The standard InChI is InChI=1S/C22H27ClN2O4S/c23-21-8-6-19(7-9-21)17-30(27,28)25-13-10-20(11-14-25)22(26)24-12-15-29-16-18-4-2-1-3-5-18/h1-9,20H,10-17H2,(H,24,26). The van der Waals surface area contributed by atoms with Crippen LogP contribution in [-0.2, 0) is 31.9 Å². The van der Waals surface area contributed by atoms with E-state index in [2.05, 4.69) is 5.32 Å². The van der Waals surface area contributed by atoms with E-state index in [4.69, 9.17) is 16.3 Å². The van der Waals surface area contributed by atoms with Crippen molar-refractivity contribution in [3.8, 4) is 0 Å². The summed E-state index contributed by atoms with van der Waals surface area (Å²) in [6.07, 6.45) is 1.05. The Bertz CT molecular complexity index is 912. The van der Waals surface area contributed by atoms with Crippen molar-refractivity contribution in [2.45, 2.75) is 25.2 Å². The van der Waals surface area contributed by atoms with Gasteiger partial charge < -0.3 is 10.1 Å². The van der Waals surface area contributed by atoms with Gasteiger partial charge >= 0.3 is 0 Å². The summed E-state index contributed by atoms with van der Waals surface area (Å²) in [4.78, 5) is 12.4. The smallest absolute Gasteiger partial charge is 0.223 e. The summed E-state index contributed by atoms with van der Waals surface area (Å²) >= 11 is 5.85. The van der Waals surface area contributed by atoms with E-state index < -0.39 is 10.0 Å². The number of hydrogen-bond acceptors (Lipinski definition) is 4. The van der Waals surface area contributed by atoms with Crippen LogP contribution < -0.4 is 5.32 Å². The van der Waals surface area contributed by atoms with E-state index in [9.17, 15) is 13.2 Å². The predicted octanol–water partition coefficient (Wildman–Crippen LogP) is 3.21. The summed E-state index contributed by atoms with van der Waals surface area (Å²) in [5, 5.41) is 3.47. The molecule has 3 rings (SSSR count). The van der Waals surface area contributed by atoms with E-state index in [0.29, 0.717) is 56.3 Å². The summed E-state index contributed by atoms with van der Waals surface area (Å²) in [6.45, 7) is 2.12. The molecule has 2 aromatic carbocycles. The Morgan fingerprint density at radius 3 is 2.37 bits per heavy atom. The molecule has 1 aliphatic heterocycles. The SMILES string of the molecule is O=C(NCCOCc1ccccc1)C1CCN(S(=O)(=O)Cc2ccc(Cl)cc2)CC1. The Morgan fingerprint density at radius 1 is 1.03 bits per heavy atom. The molecule has 1 heterocycles. The summed E-state index contributed by atoms with van der Waals surface area (Å²) in [6, 6.07) is 16.7. The molecule has 0 spiro atoms. The Kier molecular flexibility index (Phi) is 8.27. The molecule has 0 aromatic heterocycles. The van der Waals surface area contributed by atoms with Crippen LogP contribution in [0.1, 0.15) is 24.0 Å². The van der Waals surface area contributed by atoms with Crippen molar-refractivity contribution >= 4 is 27.5 Å². The number of hydrogen-bond donors (Lipinski definition) is 1. The maximum Gasteiger partial charge on any atom is 0.223 e. The molecule has 0 unspecified atom stereocenters. The summed E-state index contributed by atoms with van der Waals surface area (Å²) < 4.78 is 32.4. The lowest BCUT2D eigenvalue weighted by Crippen LogP contribution is -2.43. The highest BCUT2D eigenvalue weighted by molar-refractivity contribution is 7.88. The minimum atomic E-state index is -3.41. The number of amides is 1. The number of sulfonamides is 1. The number of nitrogens with one attached hydrogen (secondary N) is 1. The van der Waals surface area contributed by atoms with Gasteiger partial charge in [0.2, 0.25) is 15.9 Å². The zero-order valence-electron chi connectivity index (χ0n) is 16.8. The zero-order valence-corrected chi connectivity index (χ0v) is 18.4. The van der Waals surface area contributed by atoms with E-state index in [1.165, 1.54) is 4.31 Å². The van der Waals surface area contributed by atoms with Gasteiger partial charge in [-0.25, -0.2) is 12.7 Å². The molecule has 0 aliphatic carbocycles. The molecule has 8 heteroatoms. The zero-order chi connectivity index (χ0) is 21.4. The van der Waals surface area contributed by atoms with Gasteiger partial charge in [0.15, 0.2) is 0 Å². The minimum Gasteiger partial charge on any atom is -0.375 e. The number of ether oxygens (including phenoxy) is 1. The van der Waals surface area contributed by atoms with Crippen LogP contribution in [0.3, 0.4) is 0 Å². The average molecular weight is 451 g/mol. The lowest BCUT2D eigenvalue weighted by molar-refractivity contribution is -0.126. The van der Waals surface area contributed by atoms with Crippen LogP contribution in [-0.4, -0.2) is 44.9 Å². The molecule has 1 aliphatic rings. The lowest BCUT2D eigenvalue weighted by Gasteiger charge is -2.30. The second-order valence-electron chi connectivity index (χ2n) is 7.39. The van der Waals surface area contributed by atoms with Crippen molar-refractivity contribution in [1.29, 1.82) is 0 Å². The summed E-state index contributed by atoms with van der Waals surface area (Å²) in [5.74, 6) is -0.256. The molecule has 162 valence electrons. The fraction of sp³-hybridized carbons (Fsp3) is 0.409. The monoisotopic (exact) mass is 450 g/mol. The van der Waals surface area contributed by atoms with Crippen LogP contribution in [0.15, 0.2) is 54.6 Å². The van der Waals surface area contributed by atoms with Crippen molar-refractivity contribution in [3.63, 3.8) is 0 Å². The Morgan fingerprint density at radius 2 is 1.70 bits per heavy atom. The number of rotatable bonds is 9. The van der Waals surface area contributed by atoms with Gasteiger partial charge in [-0.1, -0.05) is 54.1 Å². The summed E-state index contributed by atoms with van der Waals surface area (Å²) in [7, 11) is -3.41. The van der Waals surface area contributed by atoms with Crippen LogP contribution >= 0.6 is 11.6 Å². The number of piperidine rings is 1. The second-order valence-corrected chi connectivity index (χ2v) is 9.79. The molecular weight excluding hydrogens is 424 g/mol. The molecule has 1 fully saturated rings. The number of benzene rings is 2. The molecule has 2 aromatic rings. The first kappa shape index (κ1) is 22.7. The van der Waals surface area contributed by atoms with Crippen LogP contribution in [0.4, 0.5) is 0 Å². The van der Waals surface area contributed by atoms with E-state index in [1.807, 2.05) is 30.3 Å². The van der Waals surface area contributed by atoms with E-state index in [1.54, 1.807) is 24.3 Å². The van der Waals surface area contributed by atoms with Crippen molar-refractivity contribution in [2.75, 3.05) is 26.2 Å². The van der Waals surface area contributed by atoms with Gasteiger partial charge in [-0.2, -0.15) is 0 Å². The molecule has 1 N–H and O–H groups in total. The lowest BCUT2D eigenvalue weighted by atomic mass is 9.97. The highest BCUT2D eigenvalue weighted by Gasteiger charge is 2.31. The number of halogens is 1. The summed E-state index contributed by atoms with van der Waals surface area (Å²) in [5.41, 5.74) is 1.80. The highest BCUT2D eigenvalue weighted by atomic mass is 35.5. The fourth-order valence-electron chi connectivity index (χ4n) is 3.43. The number of carbonyl (C=O) groups excluding carboxylic acids is 1. The maximum atomic E-state index is 12.7. The van der Waals surface area contributed by atoms with E-state index >= 15 is 0 Å². The predicted molar refractivity (Wildman–Crippen MR) is 117 cm³/mol. The van der Waals surface area contributed by atoms with Gasteiger partial charge in [0.1, 0.15) is 0 Å². The number of nitrogens with zero attached hydrogens (tertiary/aromatic N) is 1. The largest absolute Gasteiger partial charge is 0.375 e. The first-order valence-electron chi connectivity index (χ1n) is 10.1. The van der Waals surface area contributed by atoms with Crippen molar-refractivity contribution in [2.24, 2.45) is 5.92 Å². The van der Waals surface area contributed by atoms with Gasteiger partial charge in [0, 0.05) is 30.6 Å². The van der Waals surface area contributed by atoms with Crippen LogP contribution in [0.2, 0.25) is 5.02 Å². The Hall–Kier alpha value is -1.93. The third-order valence-corrected chi connectivity index (χ3v) is 7.24. The third-order valence-electron chi connectivity index (χ3n) is 5.14. The van der Waals surface area contributed by atoms with Crippen molar-refractivity contribution in [3.05, 3.63) is 70.7 Å². The molecular formula is C22H27ClN2O4S. The fourth-order valence-corrected chi connectivity index (χ4v) is 5.12. The molecule has 30 heavy (non-hydrogen) atoms. The molecule has 0 saturated carbocycles. The molecule has 0 radical (unpaired) electrons.